The van der Waals surface area contributed by atoms with E-state index in [0.717, 1.165) is 0 Å². The first-order chi connectivity index (χ1) is 7.86. The van der Waals surface area contributed by atoms with E-state index in [1.165, 1.54) is 51.4 Å². The molecule has 0 atom stereocenters. The first-order valence-electron chi connectivity index (χ1n) is 6.24. The summed E-state index contributed by atoms with van der Waals surface area (Å²) in [6.45, 7) is -0.250. The summed E-state index contributed by atoms with van der Waals surface area (Å²) in [5, 5.41) is 6.89. The van der Waals surface area contributed by atoms with E-state index < -0.39 is 0 Å². The van der Waals surface area contributed by atoms with Gasteiger partial charge in [0.05, 0.1) is 0 Å². The van der Waals surface area contributed by atoms with Crippen molar-refractivity contribution < 1.29 is 31.6 Å². The Morgan fingerprint density at radius 1 is 0.842 bits per heavy atom. The maximum Gasteiger partial charge on any atom is 3.00 e. The van der Waals surface area contributed by atoms with Gasteiger partial charge in [-0.15, -0.1) is 0 Å². The van der Waals surface area contributed by atoms with Crippen molar-refractivity contribution in [2.75, 3.05) is 0 Å². The molecule has 1 N–H and O–H groups in total. The third-order valence-corrected chi connectivity index (χ3v) is 3.73. The van der Waals surface area contributed by atoms with Gasteiger partial charge in [-0.1, -0.05) is 51.4 Å². The minimum atomic E-state index is -0.250. The van der Waals surface area contributed by atoms with Gasteiger partial charge in [-0.05, 0) is 0 Å². The van der Waals surface area contributed by atoms with Gasteiger partial charge in [-0.25, -0.2) is 0 Å². The normalized spacial score (nSPS) is 14.9. The molecule has 0 saturated carbocycles. The fraction of sp³-hybridized carbons (Fsp3) is 0.500. The van der Waals surface area contributed by atoms with E-state index in [1.54, 1.807) is 22.3 Å². The second-order valence-electron chi connectivity index (χ2n) is 4.67. The Labute approximate surface area is 132 Å². The molecule has 2 nitrogen and oxygen atoms in total. The van der Waals surface area contributed by atoms with Gasteiger partial charge in [-0.3, -0.25) is 4.79 Å². The Kier molecular flexibility index (Phi) is 11.3. The molecule has 0 heterocycles. The molecular weight excluding hydrogens is 272 g/mol. The van der Waals surface area contributed by atoms with Crippen LogP contribution in [0.15, 0.2) is 6.07 Å². The first-order valence-corrected chi connectivity index (χ1v) is 6.24. The van der Waals surface area contributed by atoms with Crippen LogP contribution in [0.3, 0.4) is 0 Å². The van der Waals surface area contributed by atoms with Crippen molar-refractivity contribution in [2.45, 2.75) is 51.4 Å². The zero-order valence-electron chi connectivity index (χ0n) is 12.2. The number of carboxylic acid groups (broad SMARTS) is 1. The minimum Gasteiger partial charge on any atom is -0.483 e. The third-order valence-electron chi connectivity index (χ3n) is 3.73. The van der Waals surface area contributed by atoms with Gasteiger partial charge in [0.1, 0.15) is 0 Å². The zero-order chi connectivity index (χ0) is 11.4. The van der Waals surface area contributed by atoms with E-state index in [9.17, 15) is 0 Å². The number of fused-ring (bicyclic) bond motifs is 3. The molecule has 0 aliphatic heterocycles. The number of hydrogen-bond acceptors (Lipinski definition) is 1. The fourth-order valence-electron chi connectivity index (χ4n) is 3.08. The summed E-state index contributed by atoms with van der Waals surface area (Å²) in [6, 6.07) is 2.52. The van der Waals surface area contributed by atoms with Gasteiger partial charge < -0.3 is 20.0 Å². The molecule has 0 unspecified atom stereocenters. The summed E-state index contributed by atoms with van der Waals surface area (Å²) in [7, 11) is 0. The zero-order valence-corrected chi connectivity index (χ0v) is 13.7. The fourth-order valence-corrected chi connectivity index (χ4v) is 3.08. The average molecular weight is 297 g/mol. The van der Waals surface area contributed by atoms with Gasteiger partial charge >= 0.3 is 21.7 Å². The smallest absolute Gasteiger partial charge is 0.483 e. The topological polar surface area (TPSA) is 37.3 Å². The van der Waals surface area contributed by atoms with Crippen LogP contribution in [0.1, 0.15) is 47.9 Å². The van der Waals surface area contributed by atoms with Crippen molar-refractivity contribution in [1.82, 2.24) is 0 Å². The van der Waals surface area contributed by atoms with Gasteiger partial charge in [-0.2, -0.15) is 28.3 Å². The Hall–Kier alpha value is -0.466. The molecule has 2 aliphatic carbocycles. The van der Waals surface area contributed by atoms with Crippen LogP contribution >= 0.6 is 0 Å². The predicted octanol–water partition coefficient (Wildman–Crippen LogP) is 3.76. The first kappa shape index (κ1) is 20.8. The molecule has 1 aromatic carbocycles. The minimum absolute atomic E-state index is 0. The molecule has 105 valence electrons. The largest absolute Gasteiger partial charge is 3.00 e. The van der Waals surface area contributed by atoms with Crippen molar-refractivity contribution in [3.63, 3.8) is 0 Å². The van der Waals surface area contributed by atoms with E-state index in [0.29, 0.717) is 0 Å². The molecule has 1 radical (unpaired) electrons. The quantitative estimate of drug-likeness (QED) is 0.450. The van der Waals surface area contributed by atoms with Crippen LogP contribution in [0.2, 0.25) is 0 Å². The second kappa shape index (κ2) is 10.3. The maximum absolute atomic E-state index is 8.36. The summed E-state index contributed by atoms with van der Waals surface area (Å²) < 4.78 is 0. The average Bonchev–Trinajstić information content (AvgIpc) is 2.68. The molecular formula is C16H25O2Ti. The summed E-state index contributed by atoms with van der Waals surface area (Å²) in [5.41, 5.74) is 6.94. The molecule has 0 aromatic heterocycles. The molecule has 2 aliphatic rings. The molecule has 3 rings (SSSR count). The van der Waals surface area contributed by atoms with Crippen LogP contribution in [-0.4, -0.2) is 11.6 Å². The summed E-state index contributed by atoms with van der Waals surface area (Å²) >= 11 is 0. The SMILES string of the molecule is O=CO.[CH3-].[CH3-].[Ti+3].[cH-]1c2c(c3c1CCCC3)CCCC2. The van der Waals surface area contributed by atoms with Crippen LogP contribution in [-0.2, 0) is 52.2 Å². The second-order valence-corrected chi connectivity index (χ2v) is 4.67. The van der Waals surface area contributed by atoms with Crippen LogP contribution in [0.5, 0.6) is 0 Å². The summed E-state index contributed by atoms with van der Waals surface area (Å²) in [4.78, 5) is 8.36. The van der Waals surface area contributed by atoms with E-state index >= 15 is 0 Å². The predicted molar refractivity (Wildman–Crippen MR) is 76.8 cm³/mol. The van der Waals surface area contributed by atoms with Crippen molar-refractivity contribution in [2.24, 2.45) is 0 Å². The van der Waals surface area contributed by atoms with Crippen molar-refractivity contribution >= 4 is 6.47 Å². The van der Waals surface area contributed by atoms with Crippen molar-refractivity contribution in [1.29, 1.82) is 0 Å². The van der Waals surface area contributed by atoms with Gasteiger partial charge in [0.15, 0.2) is 0 Å². The number of carbonyl (C=O) groups is 1. The van der Waals surface area contributed by atoms with Gasteiger partial charge in [0, 0.05) is 0 Å². The van der Waals surface area contributed by atoms with Crippen LogP contribution < -0.4 is 0 Å². The molecule has 0 bridgehead atoms. The molecule has 0 saturated heterocycles. The van der Waals surface area contributed by atoms with E-state index in [4.69, 9.17) is 9.90 Å². The van der Waals surface area contributed by atoms with Crippen molar-refractivity contribution in [3.05, 3.63) is 43.2 Å². The molecule has 3 heteroatoms. The molecule has 1 aromatic rings. The summed E-state index contributed by atoms with van der Waals surface area (Å²) in [5.74, 6) is 0. The van der Waals surface area contributed by atoms with E-state index in [1.807, 2.05) is 0 Å². The van der Waals surface area contributed by atoms with E-state index in [2.05, 4.69) is 6.07 Å². The standard InChI is InChI=1S/C13H17.CH2O2.2CH3.Ti/c1-3-7-12-10(5-1)9-11-6-2-4-8-13(11)12;2-1-3;;;/h9H,1-8H2;1H,(H,2,3);2*1H3;/q-1;;2*-1;+3. The number of hydrogen-bond donors (Lipinski definition) is 1. The van der Waals surface area contributed by atoms with E-state index in [-0.39, 0.29) is 43.0 Å². The Balaban J connectivity index is 0. The summed E-state index contributed by atoms with van der Waals surface area (Å²) in [6.07, 6.45) is 11.2. The van der Waals surface area contributed by atoms with Crippen LogP contribution in [0.25, 0.3) is 0 Å². The number of rotatable bonds is 0. The number of aryl methyl sites for hydroxylation is 2. The Morgan fingerprint density at radius 3 is 1.53 bits per heavy atom. The molecule has 0 amide bonds. The monoisotopic (exact) mass is 297 g/mol. The maximum atomic E-state index is 8.36. The van der Waals surface area contributed by atoms with Crippen LogP contribution in [0, 0.1) is 14.9 Å². The van der Waals surface area contributed by atoms with Crippen LogP contribution in [0.4, 0.5) is 0 Å². The Morgan fingerprint density at radius 2 is 1.16 bits per heavy atom. The Bertz CT molecular complexity index is 339. The molecule has 0 fully saturated rings. The van der Waals surface area contributed by atoms with Crippen molar-refractivity contribution in [3.8, 4) is 0 Å². The third kappa shape index (κ3) is 4.85. The van der Waals surface area contributed by atoms with Gasteiger partial charge in [0.2, 0.25) is 0 Å². The van der Waals surface area contributed by atoms with Gasteiger partial charge in [0.25, 0.3) is 6.47 Å². The molecule has 0 spiro atoms. The molecule has 19 heavy (non-hydrogen) atoms.